The van der Waals surface area contributed by atoms with Crippen LogP contribution < -0.4 is 5.09 Å². The van der Waals surface area contributed by atoms with Gasteiger partial charge in [0, 0.05) is 41.5 Å². The fourth-order valence-corrected chi connectivity index (χ4v) is 7.75. The fourth-order valence-electron chi connectivity index (χ4n) is 3.99. The van der Waals surface area contributed by atoms with E-state index in [2.05, 4.69) is 5.09 Å². The van der Waals surface area contributed by atoms with Gasteiger partial charge in [-0.1, -0.05) is 72.3 Å². The van der Waals surface area contributed by atoms with Crippen LogP contribution in [0.3, 0.4) is 0 Å². The highest BCUT2D eigenvalue weighted by Gasteiger charge is 2.31. The summed E-state index contributed by atoms with van der Waals surface area (Å²) in [5, 5.41) is 3.15. The zero-order chi connectivity index (χ0) is 25.2. The van der Waals surface area contributed by atoms with E-state index in [9.17, 15) is 13.0 Å². The largest absolute Gasteiger partial charge is 0.456 e. The van der Waals surface area contributed by atoms with E-state index in [-0.39, 0.29) is 23.0 Å². The van der Waals surface area contributed by atoms with Crippen LogP contribution in [0.1, 0.15) is 11.1 Å². The number of hydrogen-bond acceptors (Lipinski definition) is 5. The summed E-state index contributed by atoms with van der Waals surface area (Å²) >= 11 is 6.31. The molecule has 0 aromatic heterocycles. The second-order valence-electron chi connectivity index (χ2n) is 8.30. The van der Waals surface area contributed by atoms with Gasteiger partial charge in [0.25, 0.3) is 0 Å². The van der Waals surface area contributed by atoms with Crippen LogP contribution in [-0.4, -0.2) is 39.0 Å². The van der Waals surface area contributed by atoms with Crippen molar-refractivity contribution >= 4 is 46.1 Å². The molecule has 0 atom stereocenters. The molecule has 5 rings (SSSR count). The predicted octanol–water partition coefficient (Wildman–Crippen LogP) is 6.08. The van der Waals surface area contributed by atoms with Gasteiger partial charge in [-0.2, -0.15) is 4.31 Å². The number of benzene rings is 3. The minimum absolute atomic E-state index is 0.0459. The van der Waals surface area contributed by atoms with Crippen molar-refractivity contribution in [2.75, 3.05) is 31.4 Å². The van der Waals surface area contributed by atoms with Gasteiger partial charge < -0.3 is 14.6 Å². The molecule has 186 valence electrons. The number of sulfonamides is 1. The highest BCUT2D eigenvalue weighted by molar-refractivity contribution is 7.89. The SMILES string of the molecule is O=P1(Nc2ccc(Cl)c(S(=O)(=O)N3CCOCC3)c2)C=C(c2ccccc2)OC(c2ccccc2)=C1. The number of anilines is 1. The molecule has 10 heteroatoms. The van der Waals surface area contributed by atoms with E-state index < -0.39 is 17.3 Å². The summed E-state index contributed by atoms with van der Waals surface area (Å²) in [6.45, 7) is 1.14. The monoisotopic (exact) mass is 542 g/mol. The van der Waals surface area contributed by atoms with Gasteiger partial charge in [-0.15, -0.1) is 0 Å². The van der Waals surface area contributed by atoms with Gasteiger partial charge in [0.05, 0.1) is 18.2 Å². The summed E-state index contributed by atoms with van der Waals surface area (Å²) in [4.78, 5) is -0.0459. The van der Waals surface area contributed by atoms with Crippen LogP contribution in [0.25, 0.3) is 11.5 Å². The van der Waals surface area contributed by atoms with Crippen molar-refractivity contribution in [3.05, 3.63) is 107 Å². The van der Waals surface area contributed by atoms with E-state index in [0.29, 0.717) is 30.4 Å². The van der Waals surface area contributed by atoms with Gasteiger partial charge >= 0.3 is 0 Å². The summed E-state index contributed by atoms with van der Waals surface area (Å²) in [7, 11) is -7.22. The van der Waals surface area contributed by atoms with Gasteiger partial charge in [0.1, 0.15) is 16.4 Å². The Morgan fingerprint density at radius 3 is 1.94 bits per heavy atom. The summed E-state index contributed by atoms with van der Waals surface area (Å²) in [5.74, 6) is 4.00. The number of hydrogen-bond donors (Lipinski definition) is 1. The van der Waals surface area contributed by atoms with Crippen LogP contribution in [0.5, 0.6) is 0 Å². The lowest BCUT2D eigenvalue weighted by Gasteiger charge is -2.27. The van der Waals surface area contributed by atoms with E-state index in [0.717, 1.165) is 11.1 Å². The topological polar surface area (TPSA) is 84.9 Å². The smallest absolute Gasteiger partial charge is 0.244 e. The first-order valence-corrected chi connectivity index (χ1v) is 15.0. The number of nitrogens with zero attached hydrogens (tertiary/aromatic N) is 1. The molecule has 1 fully saturated rings. The molecule has 0 unspecified atom stereocenters. The lowest BCUT2D eigenvalue weighted by Crippen LogP contribution is -2.40. The molecule has 2 aliphatic rings. The van der Waals surface area contributed by atoms with Crippen LogP contribution in [-0.2, 0) is 24.1 Å². The first-order chi connectivity index (χ1) is 17.3. The minimum Gasteiger partial charge on any atom is -0.456 e. The van der Waals surface area contributed by atoms with Gasteiger partial charge in [-0.25, -0.2) is 8.42 Å². The van der Waals surface area contributed by atoms with E-state index in [1.54, 1.807) is 17.7 Å². The lowest BCUT2D eigenvalue weighted by atomic mass is 10.2. The molecule has 0 aliphatic carbocycles. The first-order valence-electron chi connectivity index (χ1n) is 11.3. The Kier molecular flexibility index (Phi) is 7.06. The Hall–Kier alpha value is -2.87. The van der Waals surface area contributed by atoms with E-state index in [1.165, 1.54) is 16.4 Å². The second kappa shape index (κ2) is 10.2. The van der Waals surface area contributed by atoms with E-state index >= 15 is 0 Å². The minimum atomic E-state index is -3.85. The fraction of sp³-hybridized carbons (Fsp3) is 0.154. The van der Waals surface area contributed by atoms with Crippen LogP contribution in [0, 0.1) is 0 Å². The Bertz CT molecular complexity index is 1410. The average Bonchev–Trinajstić information content (AvgIpc) is 2.91. The molecular formula is C26H24ClN2O5PS. The van der Waals surface area contributed by atoms with Crippen LogP contribution >= 0.6 is 18.9 Å². The third-order valence-corrected chi connectivity index (χ3v) is 10.0. The average molecular weight is 543 g/mol. The van der Waals surface area contributed by atoms with Crippen LogP contribution in [0.4, 0.5) is 5.69 Å². The molecule has 2 heterocycles. The molecular weight excluding hydrogens is 519 g/mol. The number of morpholine rings is 1. The van der Waals surface area contributed by atoms with Crippen molar-refractivity contribution in [3.8, 4) is 0 Å². The molecule has 1 N–H and O–H groups in total. The predicted molar refractivity (Wildman–Crippen MR) is 142 cm³/mol. The van der Waals surface area contributed by atoms with Crippen molar-refractivity contribution in [2.24, 2.45) is 0 Å². The Labute approximate surface area is 215 Å². The van der Waals surface area contributed by atoms with Crippen molar-refractivity contribution in [2.45, 2.75) is 4.90 Å². The zero-order valence-electron chi connectivity index (χ0n) is 19.2. The third-order valence-electron chi connectivity index (χ3n) is 5.78. The quantitative estimate of drug-likeness (QED) is 0.380. The molecule has 0 radical (unpaired) electrons. The molecule has 3 aromatic rings. The maximum Gasteiger partial charge on any atom is 0.244 e. The standard InChI is InChI=1S/C26H24ClN2O5PS/c27-23-12-11-22(17-26(23)36(31,32)29-13-15-33-16-14-29)28-35(30)18-24(20-7-3-1-4-8-20)34-25(19-35)21-9-5-2-6-10-21/h1-12,17-19H,13-16H2,(H,28,30). The molecule has 0 spiro atoms. The van der Waals surface area contributed by atoms with E-state index in [1.807, 2.05) is 60.7 Å². The Morgan fingerprint density at radius 1 is 0.833 bits per heavy atom. The lowest BCUT2D eigenvalue weighted by molar-refractivity contribution is 0.0730. The highest BCUT2D eigenvalue weighted by Crippen LogP contribution is 2.56. The summed E-state index contributed by atoms with van der Waals surface area (Å²) < 4.78 is 53.4. The van der Waals surface area contributed by atoms with Gasteiger partial charge in [-0.3, -0.25) is 4.57 Å². The molecule has 3 aromatic carbocycles. The molecule has 0 amide bonds. The van der Waals surface area contributed by atoms with Gasteiger partial charge in [0.2, 0.25) is 17.3 Å². The van der Waals surface area contributed by atoms with Crippen molar-refractivity contribution in [3.63, 3.8) is 0 Å². The molecule has 0 bridgehead atoms. The maximum absolute atomic E-state index is 14.2. The number of ether oxygens (including phenoxy) is 2. The van der Waals surface area contributed by atoms with Gasteiger partial charge in [0.15, 0.2) is 0 Å². The zero-order valence-corrected chi connectivity index (χ0v) is 21.7. The molecule has 7 nitrogen and oxygen atoms in total. The molecule has 36 heavy (non-hydrogen) atoms. The number of halogens is 1. The third kappa shape index (κ3) is 5.28. The maximum atomic E-state index is 14.2. The Balaban J connectivity index is 1.53. The molecule has 0 saturated carbocycles. The van der Waals surface area contributed by atoms with E-state index in [4.69, 9.17) is 21.1 Å². The number of nitrogens with one attached hydrogen (secondary N) is 1. The van der Waals surface area contributed by atoms with Gasteiger partial charge in [-0.05, 0) is 18.2 Å². The highest BCUT2D eigenvalue weighted by atomic mass is 35.5. The second-order valence-corrected chi connectivity index (χ2v) is 12.8. The van der Waals surface area contributed by atoms with Crippen LogP contribution in [0.2, 0.25) is 5.02 Å². The summed E-state index contributed by atoms with van der Waals surface area (Å²) in [6.07, 6.45) is 0. The first kappa shape index (κ1) is 24.8. The normalized spacial score (nSPS) is 18.0. The summed E-state index contributed by atoms with van der Waals surface area (Å²) in [5.41, 5.74) is 1.91. The molecule has 2 aliphatic heterocycles. The number of rotatable bonds is 6. The van der Waals surface area contributed by atoms with Crippen molar-refractivity contribution in [1.82, 2.24) is 4.31 Å². The van der Waals surface area contributed by atoms with Crippen LogP contribution in [0.15, 0.2) is 95.4 Å². The Morgan fingerprint density at radius 2 is 1.39 bits per heavy atom. The summed E-state index contributed by atoms with van der Waals surface area (Å²) in [6, 6.07) is 23.3. The van der Waals surface area contributed by atoms with Crippen molar-refractivity contribution in [1.29, 1.82) is 0 Å². The van der Waals surface area contributed by atoms with Crippen molar-refractivity contribution < 1.29 is 22.5 Å². The molecule has 1 saturated heterocycles.